The molecule has 144 valence electrons. The number of carbonyl (C=O) groups is 2. The molecule has 0 spiro atoms. The number of morpholine rings is 1. The van der Waals surface area contributed by atoms with Crippen molar-refractivity contribution in [2.24, 2.45) is 0 Å². The molecular formula is C22H21FN2O3. The van der Waals surface area contributed by atoms with E-state index in [1.54, 1.807) is 0 Å². The van der Waals surface area contributed by atoms with Gasteiger partial charge in [0.1, 0.15) is 11.5 Å². The molecule has 0 bridgehead atoms. The lowest BCUT2D eigenvalue weighted by atomic mass is 9.97. The van der Waals surface area contributed by atoms with Crippen molar-refractivity contribution in [3.63, 3.8) is 0 Å². The first-order valence-electron chi connectivity index (χ1n) is 9.26. The van der Waals surface area contributed by atoms with Crippen LogP contribution >= 0.6 is 0 Å². The lowest BCUT2D eigenvalue weighted by Crippen LogP contribution is -2.40. The number of benzene rings is 2. The van der Waals surface area contributed by atoms with Crippen LogP contribution in [0.5, 0.6) is 0 Å². The van der Waals surface area contributed by atoms with E-state index in [9.17, 15) is 14.0 Å². The molecule has 2 aliphatic heterocycles. The van der Waals surface area contributed by atoms with Gasteiger partial charge in [0.15, 0.2) is 0 Å². The molecule has 0 aromatic heterocycles. The van der Waals surface area contributed by atoms with Gasteiger partial charge in [-0.15, -0.1) is 0 Å². The summed E-state index contributed by atoms with van der Waals surface area (Å²) in [7, 11) is 0. The largest absolute Gasteiger partial charge is 0.378 e. The quantitative estimate of drug-likeness (QED) is 0.768. The Labute approximate surface area is 163 Å². The molecule has 0 radical (unpaired) electrons. The zero-order chi connectivity index (χ0) is 19.8. The predicted molar refractivity (Wildman–Crippen MR) is 104 cm³/mol. The summed E-state index contributed by atoms with van der Waals surface area (Å²) in [5.41, 5.74) is 3.92. The minimum Gasteiger partial charge on any atom is -0.378 e. The van der Waals surface area contributed by atoms with Crippen molar-refractivity contribution in [1.82, 2.24) is 4.90 Å². The SMILES string of the molecule is Cc1ccc(C2=C(N3CCOCC3)C(=O)N(c3ccc(F)cc3)C2=O)c(C)c1. The van der Waals surface area contributed by atoms with Crippen LogP contribution in [0.1, 0.15) is 16.7 Å². The summed E-state index contributed by atoms with van der Waals surface area (Å²) in [5, 5.41) is 0. The first kappa shape index (κ1) is 18.4. The van der Waals surface area contributed by atoms with E-state index in [0.29, 0.717) is 43.3 Å². The van der Waals surface area contributed by atoms with E-state index in [-0.39, 0.29) is 11.8 Å². The number of anilines is 1. The van der Waals surface area contributed by atoms with E-state index in [4.69, 9.17) is 4.74 Å². The summed E-state index contributed by atoms with van der Waals surface area (Å²) in [5.74, 6) is -1.18. The number of imide groups is 1. The molecule has 2 amide bonds. The molecule has 5 nitrogen and oxygen atoms in total. The third-order valence-corrected chi connectivity index (χ3v) is 5.12. The molecule has 0 aliphatic carbocycles. The lowest BCUT2D eigenvalue weighted by molar-refractivity contribution is -0.121. The second-order valence-corrected chi connectivity index (χ2v) is 7.06. The minimum absolute atomic E-state index is 0.363. The second kappa shape index (κ2) is 7.20. The highest BCUT2D eigenvalue weighted by Gasteiger charge is 2.43. The maximum Gasteiger partial charge on any atom is 0.282 e. The van der Waals surface area contributed by atoms with E-state index in [2.05, 4.69) is 0 Å². The summed E-state index contributed by atoms with van der Waals surface area (Å²) >= 11 is 0. The van der Waals surface area contributed by atoms with E-state index >= 15 is 0 Å². The van der Waals surface area contributed by atoms with Gasteiger partial charge in [-0.2, -0.15) is 0 Å². The Morgan fingerprint density at radius 2 is 1.61 bits per heavy atom. The van der Waals surface area contributed by atoms with Crippen LogP contribution in [-0.4, -0.2) is 43.0 Å². The molecule has 0 saturated carbocycles. The second-order valence-electron chi connectivity index (χ2n) is 7.06. The van der Waals surface area contributed by atoms with Crippen LogP contribution in [0.3, 0.4) is 0 Å². The Hall–Kier alpha value is -2.99. The van der Waals surface area contributed by atoms with Gasteiger partial charge in [0.2, 0.25) is 0 Å². The van der Waals surface area contributed by atoms with Crippen LogP contribution < -0.4 is 4.90 Å². The third kappa shape index (κ3) is 3.10. The van der Waals surface area contributed by atoms with Crippen LogP contribution in [0.15, 0.2) is 48.2 Å². The molecule has 0 N–H and O–H groups in total. The fraction of sp³-hybridized carbons (Fsp3) is 0.273. The monoisotopic (exact) mass is 380 g/mol. The number of nitrogens with zero attached hydrogens (tertiary/aromatic N) is 2. The van der Waals surface area contributed by atoms with Crippen molar-refractivity contribution in [1.29, 1.82) is 0 Å². The van der Waals surface area contributed by atoms with Crippen molar-refractivity contribution in [3.8, 4) is 0 Å². The fourth-order valence-electron chi connectivity index (χ4n) is 3.76. The van der Waals surface area contributed by atoms with Crippen LogP contribution in [0.25, 0.3) is 5.57 Å². The smallest absolute Gasteiger partial charge is 0.282 e. The van der Waals surface area contributed by atoms with Gasteiger partial charge < -0.3 is 9.64 Å². The Morgan fingerprint density at radius 1 is 0.929 bits per heavy atom. The number of hydrogen-bond acceptors (Lipinski definition) is 4. The minimum atomic E-state index is -0.418. The highest BCUT2D eigenvalue weighted by molar-refractivity contribution is 6.45. The number of amides is 2. The zero-order valence-electron chi connectivity index (χ0n) is 15.9. The third-order valence-electron chi connectivity index (χ3n) is 5.12. The maximum absolute atomic E-state index is 13.4. The molecule has 2 aromatic carbocycles. The van der Waals surface area contributed by atoms with Crippen molar-refractivity contribution in [3.05, 3.63) is 70.7 Å². The van der Waals surface area contributed by atoms with E-state index in [0.717, 1.165) is 21.6 Å². The van der Waals surface area contributed by atoms with Gasteiger partial charge in [0, 0.05) is 13.1 Å². The summed E-state index contributed by atoms with van der Waals surface area (Å²) in [6, 6.07) is 11.2. The molecule has 1 fully saturated rings. The summed E-state index contributed by atoms with van der Waals surface area (Å²) in [6.07, 6.45) is 0. The lowest BCUT2D eigenvalue weighted by Gasteiger charge is -2.29. The van der Waals surface area contributed by atoms with E-state index in [1.165, 1.54) is 24.3 Å². The van der Waals surface area contributed by atoms with Gasteiger partial charge in [0.25, 0.3) is 11.8 Å². The van der Waals surface area contributed by atoms with Gasteiger partial charge in [-0.1, -0.05) is 23.8 Å². The molecule has 0 unspecified atom stereocenters. The van der Waals surface area contributed by atoms with Crippen molar-refractivity contribution in [2.45, 2.75) is 13.8 Å². The molecule has 2 aromatic rings. The number of ether oxygens (including phenoxy) is 1. The van der Waals surface area contributed by atoms with Crippen LogP contribution in [0.4, 0.5) is 10.1 Å². The highest BCUT2D eigenvalue weighted by atomic mass is 19.1. The topological polar surface area (TPSA) is 49.9 Å². The average molecular weight is 380 g/mol. The van der Waals surface area contributed by atoms with Gasteiger partial charge in [-0.05, 0) is 49.2 Å². The molecule has 28 heavy (non-hydrogen) atoms. The summed E-state index contributed by atoms with van der Waals surface area (Å²) in [6.45, 7) is 6.01. The number of halogens is 1. The number of carbonyl (C=O) groups excluding carboxylic acids is 2. The average Bonchev–Trinajstić information content (AvgIpc) is 2.94. The van der Waals surface area contributed by atoms with Gasteiger partial charge in [-0.25, -0.2) is 9.29 Å². The maximum atomic E-state index is 13.4. The summed E-state index contributed by atoms with van der Waals surface area (Å²) < 4.78 is 18.8. The number of rotatable bonds is 3. The molecule has 2 aliphatic rings. The van der Waals surface area contributed by atoms with E-state index < -0.39 is 5.82 Å². The van der Waals surface area contributed by atoms with Crippen molar-refractivity contribution in [2.75, 3.05) is 31.2 Å². The molecule has 4 rings (SSSR count). The fourth-order valence-corrected chi connectivity index (χ4v) is 3.76. The molecule has 2 heterocycles. The Bertz CT molecular complexity index is 976. The van der Waals surface area contributed by atoms with Crippen molar-refractivity contribution >= 4 is 23.1 Å². The molecule has 6 heteroatoms. The zero-order valence-corrected chi connectivity index (χ0v) is 15.9. The van der Waals surface area contributed by atoms with Crippen LogP contribution in [-0.2, 0) is 14.3 Å². The molecule has 1 saturated heterocycles. The van der Waals surface area contributed by atoms with Crippen LogP contribution in [0.2, 0.25) is 0 Å². The van der Waals surface area contributed by atoms with Gasteiger partial charge in [0.05, 0.1) is 24.5 Å². The predicted octanol–water partition coefficient (Wildman–Crippen LogP) is 3.06. The normalized spacial score (nSPS) is 17.7. The van der Waals surface area contributed by atoms with Crippen LogP contribution in [0, 0.1) is 19.7 Å². The van der Waals surface area contributed by atoms with Crippen molar-refractivity contribution < 1.29 is 18.7 Å². The number of aryl methyl sites for hydroxylation is 2. The van der Waals surface area contributed by atoms with Gasteiger partial charge in [-0.3, -0.25) is 9.59 Å². The first-order chi connectivity index (χ1) is 13.5. The molecule has 0 atom stereocenters. The standard InChI is InChI=1S/C22H21FN2O3/c1-14-3-8-18(15(2)13-14)19-20(24-9-11-28-12-10-24)22(27)25(21(19)26)17-6-4-16(23)5-7-17/h3-8,13H,9-12H2,1-2H3. The Kier molecular flexibility index (Phi) is 4.73. The van der Waals surface area contributed by atoms with E-state index in [1.807, 2.05) is 36.9 Å². The highest BCUT2D eigenvalue weighted by Crippen LogP contribution is 2.36. The van der Waals surface area contributed by atoms with Gasteiger partial charge >= 0.3 is 0 Å². The molecular weight excluding hydrogens is 359 g/mol. The summed E-state index contributed by atoms with van der Waals surface area (Å²) in [4.78, 5) is 29.8. The Balaban J connectivity index is 1.85. The number of hydrogen-bond donors (Lipinski definition) is 0. The Morgan fingerprint density at radius 3 is 2.25 bits per heavy atom. The first-order valence-corrected chi connectivity index (χ1v) is 9.26.